The SMILES string of the molecule is O=C(/C=C/c1cn(Cc2ccccc2)nn1)N1CCNC(c2cccc(F)c2)C1.O=C(O)C(F)(F)F. The summed E-state index contributed by atoms with van der Waals surface area (Å²) in [5, 5.41) is 18.7. The summed E-state index contributed by atoms with van der Waals surface area (Å²) in [4.78, 5) is 23.3. The molecule has 2 aromatic carbocycles. The van der Waals surface area contributed by atoms with Crippen LogP contribution >= 0.6 is 0 Å². The number of benzene rings is 2. The molecule has 1 aliphatic heterocycles. The molecule has 1 atom stereocenters. The molecule has 8 nitrogen and oxygen atoms in total. The summed E-state index contributed by atoms with van der Waals surface area (Å²) >= 11 is 0. The number of piperazine rings is 1. The monoisotopic (exact) mass is 505 g/mol. The fraction of sp³-hybridized carbons (Fsp3) is 0.250. The van der Waals surface area contributed by atoms with Crippen LogP contribution in [-0.2, 0) is 16.1 Å². The van der Waals surface area contributed by atoms with Gasteiger partial charge in [-0.2, -0.15) is 13.2 Å². The van der Waals surface area contributed by atoms with Crippen LogP contribution < -0.4 is 5.32 Å². The number of nitrogens with zero attached hydrogens (tertiary/aromatic N) is 4. The minimum atomic E-state index is -5.08. The molecule has 36 heavy (non-hydrogen) atoms. The highest BCUT2D eigenvalue weighted by molar-refractivity contribution is 5.91. The standard InChI is InChI=1S/C22H22FN5O.C2HF3O2/c23-19-8-4-7-18(13-19)21-16-27(12-11-24-21)22(29)10-9-20-15-28(26-25-20)14-17-5-2-1-3-6-17;3-2(4,5)1(6)7/h1-10,13,15,21,24H,11-12,14,16H2;(H,6,7)/b10-9+;. The third-order valence-electron chi connectivity index (χ3n) is 5.12. The smallest absolute Gasteiger partial charge is 0.475 e. The van der Waals surface area contributed by atoms with E-state index >= 15 is 0 Å². The predicted molar refractivity (Wildman–Crippen MR) is 122 cm³/mol. The number of rotatable bonds is 5. The van der Waals surface area contributed by atoms with Gasteiger partial charge in [-0.1, -0.05) is 47.7 Å². The number of hydrogen-bond donors (Lipinski definition) is 2. The Morgan fingerprint density at radius 2 is 1.86 bits per heavy atom. The molecule has 12 heteroatoms. The Balaban J connectivity index is 0.000000454. The Labute approximate surface area is 203 Å². The number of halogens is 4. The number of carbonyl (C=O) groups excluding carboxylic acids is 1. The lowest BCUT2D eigenvalue weighted by Crippen LogP contribution is -2.47. The maximum atomic E-state index is 13.5. The highest BCUT2D eigenvalue weighted by Crippen LogP contribution is 2.18. The number of aromatic nitrogens is 3. The van der Waals surface area contributed by atoms with Gasteiger partial charge in [0.15, 0.2) is 0 Å². The second-order valence-electron chi connectivity index (χ2n) is 7.81. The van der Waals surface area contributed by atoms with E-state index < -0.39 is 12.1 Å². The molecule has 0 bridgehead atoms. The van der Waals surface area contributed by atoms with E-state index in [0.717, 1.165) is 11.1 Å². The molecule has 1 fully saturated rings. The Bertz CT molecular complexity index is 1200. The van der Waals surface area contributed by atoms with Crippen LogP contribution in [0.3, 0.4) is 0 Å². The van der Waals surface area contributed by atoms with Gasteiger partial charge in [0.25, 0.3) is 0 Å². The summed E-state index contributed by atoms with van der Waals surface area (Å²) < 4.78 is 47.0. The Morgan fingerprint density at radius 3 is 2.53 bits per heavy atom. The zero-order chi connectivity index (χ0) is 26.1. The molecule has 1 saturated heterocycles. The van der Waals surface area contributed by atoms with Crippen LogP contribution in [0.5, 0.6) is 0 Å². The van der Waals surface area contributed by atoms with Crippen LogP contribution in [0.1, 0.15) is 22.9 Å². The van der Waals surface area contributed by atoms with Gasteiger partial charge < -0.3 is 15.3 Å². The van der Waals surface area contributed by atoms with Gasteiger partial charge >= 0.3 is 12.1 Å². The lowest BCUT2D eigenvalue weighted by molar-refractivity contribution is -0.192. The lowest BCUT2D eigenvalue weighted by atomic mass is 10.0. The number of aliphatic carboxylic acids is 1. The summed E-state index contributed by atoms with van der Waals surface area (Å²) in [7, 11) is 0. The Hall–Kier alpha value is -4.06. The van der Waals surface area contributed by atoms with Crippen molar-refractivity contribution in [2.75, 3.05) is 19.6 Å². The van der Waals surface area contributed by atoms with Gasteiger partial charge in [0.2, 0.25) is 5.91 Å². The first kappa shape index (κ1) is 26.5. The average Bonchev–Trinajstić information content (AvgIpc) is 3.30. The summed E-state index contributed by atoms with van der Waals surface area (Å²) in [5.41, 5.74) is 2.61. The third-order valence-corrected chi connectivity index (χ3v) is 5.12. The number of amides is 1. The highest BCUT2D eigenvalue weighted by Gasteiger charge is 2.38. The number of alkyl halides is 3. The van der Waals surface area contributed by atoms with E-state index in [0.29, 0.717) is 31.9 Å². The van der Waals surface area contributed by atoms with Crippen molar-refractivity contribution in [1.82, 2.24) is 25.2 Å². The number of nitrogens with one attached hydrogen (secondary N) is 1. The quantitative estimate of drug-likeness (QED) is 0.408. The van der Waals surface area contributed by atoms with E-state index in [2.05, 4.69) is 15.6 Å². The van der Waals surface area contributed by atoms with E-state index in [1.807, 2.05) is 42.6 Å². The van der Waals surface area contributed by atoms with Crippen molar-refractivity contribution in [3.8, 4) is 0 Å². The minimum Gasteiger partial charge on any atom is -0.475 e. The van der Waals surface area contributed by atoms with Crippen LogP contribution in [0, 0.1) is 5.82 Å². The second-order valence-corrected chi connectivity index (χ2v) is 7.81. The fourth-order valence-corrected chi connectivity index (χ4v) is 3.40. The van der Waals surface area contributed by atoms with E-state index in [4.69, 9.17) is 9.90 Å². The molecule has 2 heterocycles. The zero-order valence-electron chi connectivity index (χ0n) is 18.9. The van der Waals surface area contributed by atoms with Crippen LogP contribution in [0.15, 0.2) is 66.9 Å². The molecule has 0 spiro atoms. The fourth-order valence-electron chi connectivity index (χ4n) is 3.40. The largest absolute Gasteiger partial charge is 0.490 e. The maximum Gasteiger partial charge on any atom is 0.490 e. The van der Waals surface area contributed by atoms with Gasteiger partial charge in [0, 0.05) is 25.7 Å². The van der Waals surface area contributed by atoms with Crippen molar-refractivity contribution in [2.24, 2.45) is 0 Å². The van der Waals surface area contributed by atoms with Gasteiger partial charge in [-0.05, 0) is 29.3 Å². The Kier molecular flexibility index (Phi) is 8.90. The number of carbonyl (C=O) groups is 2. The second kappa shape index (κ2) is 12.1. The van der Waals surface area contributed by atoms with E-state index in [9.17, 15) is 22.4 Å². The first-order valence-electron chi connectivity index (χ1n) is 10.8. The maximum absolute atomic E-state index is 13.5. The Morgan fingerprint density at radius 1 is 1.14 bits per heavy atom. The van der Waals surface area contributed by atoms with Crippen LogP contribution in [0.25, 0.3) is 6.08 Å². The molecule has 3 aromatic rings. The van der Waals surface area contributed by atoms with Crippen molar-refractivity contribution in [3.05, 3.63) is 89.5 Å². The first-order valence-corrected chi connectivity index (χ1v) is 10.8. The van der Waals surface area contributed by atoms with Crippen molar-refractivity contribution in [1.29, 1.82) is 0 Å². The summed E-state index contributed by atoms with van der Waals surface area (Å²) in [6.45, 7) is 2.39. The zero-order valence-corrected chi connectivity index (χ0v) is 18.9. The molecule has 1 aromatic heterocycles. The summed E-state index contributed by atoms with van der Waals surface area (Å²) in [5.74, 6) is -3.12. The lowest BCUT2D eigenvalue weighted by Gasteiger charge is -2.33. The molecular weight excluding hydrogens is 482 g/mol. The summed E-state index contributed by atoms with van der Waals surface area (Å²) in [6, 6.07) is 16.4. The molecule has 2 N–H and O–H groups in total. The molecule has 190 valence electrons. The van der Waals surface area contributed by atoms with E-state index in [1.165, 1.54) is 18.2 Å². The van der Waals surface area contributed by atoms with Crippen molar-refractivity contribution in [2.45, 2.75) is 18.8 Å². The number of carboxylic acids is 1. The van der Waals surface area contributed by atoms with E-state index in [1.54, 1.807) is 21.7 Å². The van der Waals surface area contributed by atoms with Crippen LogP contribution in [0.2, 0.25) is 0 Å². The van der Waals surface area contributed by atoms with Gasteiger partial charge in [-0.25, -0.2) is 13.9 Å². The molecule has 0 saturated carbocycles. The molecule has 0 aliphatic carbocycles. The number of carboxylic acid groups (broad SMARTS) is 1. The van der Waals surface area contributed by atoms with Gasteiger partial charge in [-0.15, -0.1) is 5.10 Å². The molecular formula is C24H23F4N5O3. The normalized spacial score (nSPS) is 15.9. The van der Waals surface area contributed by atoms with E-state index in [-0.39, 0.29) is 17.8 Å². The molecule has 4 rings (SSSR count). The van der Waals surface area contributed by atoms with Crippen molar-refractivity contribution >= 4 is 18.0 Å². The summed E-state index contributed by atoms with van der Waals surface area (Å²) in [6.07, 6.45) is -0.0784. The van der Waals surface area contributed by atoms with Gasteiger partial charge in [-0.3, -0.25) is 4.79 Å². The van der Waals surface area contributed by atoms with Crippen molar-refractivity contribution in [3.63, 3.8) is 0 Å². The van der Waals surface area contributed by atoms with Gasteiger partial charge in [0.05, 0.1) is 18.8 Å². The molecule has 0 radical (unpaired) electrons. The molecule has 1 aliphatic rings. The third kappa shape index (κ3) is 8.01. The average molecular weight is 505 g/mol. The number of hydrogen-bond acceptors (Lipinski definition) is 5. The minimum absolute atomic E-state index is 0.0800. The van der Waals surface area contributed by atoms with Crippen LogP contribution in [0.4, 0.5) is 17.6 Å². The van der Waals surface area contributed by atoms with Crippen LogP contribution in [-0.4, -0.2) is 62.7 Å². The highest BCUT2D eigenvalue weighted by atomic mass is 19.4. The predicted octanol–water partition coefficient (Wildman–Crippen LogP) is 3.29. The molecule has 1 amide bonds. The van der Waals surface area contributed by atoms with Gasteiger partial charge in [0.1, 0.15) is 11.5 Å². The topological polar surface area (TPSA) is 100 Å². The molecule has 1 unspecified atom stereocenters. The van der Waals surface area contributed by atoms with Crippen molar-refractivity contribution < 1.29 is 32.3 Å². The first-order chi connectivity index (χ1) is 17.1.